The summed E-state index contributed by atoms with van der Waals surface area (Å²) in [5, 5.41) is 13.6. The van der Waals surface area contributed by atoms with Crippen molar-refractivity contribution < 1.29 is 9.53 Å². The number of hydrogen-bond donors (Lipinski definition) is 0. The standard InChI is InChI=1S/C26H24N4O2/c1-3-21-24(19-11-13-20(32-2)14-12-19)26-28-27-25-22(30(26)29-21)15-18(16-23(25)31)10-9-17-7-5-4-6-8-17/h4-14,18H,3,15-16H2,1-2H3/b10-9+/t18-/m0/s1. The maximum Gasteiger partial charge on any atom is 0.185 e. The molecule has 4 aromatic rings. The second-order valence-corrected chi connectivity index (χ2v) is 8.00. The number of allylic oxidation sites excluding steroid dienone is 1. The van der Waals surface area contributed by atoms with Gasteiger partial charge < -0.3 is 4.74 Å². The zero-order valence-corrected chi connectivity index (χ0v) is 18.2. The molecular weight excluding hydrogens is 400 g/mol. The van der Waals surface area contributed by atoms with Crippen LogP contribution >= 0.6 is 0 Å². The van der Waals surface area contributed by atoms with E-state index in [2.05, 4.69) is 41.4 Å². The molecule has 5 rings (SSSR count). The molecular formula is C26H24N4O2. The van der Waals surface area contributed by atoms with Gasteiger partial charge in [-0.05, 0) is 42.0 Å². The molecule has 0 radical (unpaired) electrons. The number of hydrogen-bond acceptors (Lipinski definition) is 5. The molecule has 0 saturated carbocycles. The molecule has 32 heavy (non-hydrogen) atoms. The van der Waals surface area contributed by atoms with Crippen LogP contribution in [0.15, 0.2) is 60.7 Å². The quantitative estimate of drug-likeness (QED) is 0.459. The summed E-state index contributed by atoms with van der Waals surface area (Å²) in [6.07, 6.45) is 6.09. The Kier molecular flexibility index (Phi) is 5.27. The summed E-state index contributed by atoms with van der Waals surface area (Å²) < 4.78 is 7.13. The van der Waals surface area contributed by atoms with Crippen molar-refractivity contribution in [1.82, 2.24) is 19.8 Å². The first-order chi connectivity index (χ1) is 15.7. The lowest BCUT2D eigenvalue weighted by Gasteiger charge is -2.20. The third-order valence-electron chi connectivity index (χ3n) is 5.95. The van der Waals surface area contributed by atoms with Crippen LogP contribution in [0.2, 0.25) is 0 Å². The summed E-state index contributed by atoms with van der Waals surface area (Å²) in [6.45, 7) is 2.07. The van der Waals surface area contributed by atoms with Crippen molar-refractivity contribution in [1.29, 1.82) is 0 Å². The van der Waals surface area contributed by atoms with Crippen molar-refractivity contribution in [3.8, 4) is 16.9 Å². The maximum atomic E-state index is 12.9. The van der Waals surface area contributed by atoms with Gasteiger partial charge in [0.15, 0.2) is 17.1 Å². The van der Waals surface area contributed by atoms with Crippen molar-refractivity contribution >= 4 is 17.5 Å². The number of carbonyl (C=O) groups is 1. The summed E-state index contributed by atoms with van der Waals surface area (Å²) in [7, 11) is 1.65. The van der Waals surface area contributed by atoms with Crippen molar-refractivity contribution in [2.45, 2.75) is 26.2 Å². The van der Waals surface area contributed by atoms with Gasteiger partial charge in [0.05, 0.1) is 24.1 Å². The minimum absolute atomic E-state index is 0.0166. The predicted molar refractivity (Wildman–Crippen MR) is 124 cm³/mol. The van der Waals surface area contributed by atoms with E-state index in [0.29, 0.717) is 24.2 Å². The number of benzene rings is 2. The SMILES string of the molecule is CCc1nn2c3c(nnc2c1-c1ccc(OC)cc1)C(=O)C[C@@H](/C=C/c1ccccc1)C3. The van der Waals surface area contributed by atoms with Crippen LogP contribution < -0.4 is 4.74 Å². The number of Topliss-reactive ketones (excluding diaryl/α,β-unsaturated/α-hetero) is 1. The minimum atomic E-state index is 0.0166. The van der Waals surface area contributed by atoms with E-state index in [1.165, 1.54) is 0 Å². The zero-order valence-electron chi connectivity index (χ0n) is 18.2. The summed E-state index contributed by atoms with van der Waals surface area (Å²) >= 11 is 0. The van der Waals surface area contributed by atoms with E-state index in [9.17, 15) is 4.79 Å². The number of methoxy groups -OCH3 is 1. The van der Waals surface area contributed by atoms with Crippen molar-refractivity contribution in [2.24, 2.45) is 5.92 Å². The number of fused-ring (bicyclic) bond motifs is 3. The van der Waals surface area contributed by atoms with Gasteiger partial charge in [0.2, 0.25) is 0 Å². The van der Waals surface area contributed by atoms with Gasteiger partial charge in [-0.2, -0.15) is 5.10 Å². The first kappa shape index (κ1) is 20.1. The molecule has 0 fully saturated rings. The fourth-order valence-corrected chi connectivity index (χ4v) is 4.29. The van der Waals surface area contributed by atoms with Crippen molar-refractivity contribution in [3.05, 3.63) is 83.3 Å². The van der Waals surface area contributed by atoms with Crippen LogP contribution in [0.3, 0.4) is 0 Å². The number of aromatic nitrogens is 4. The molecule has 0 spiro atoms. The van der Waals surface area contributed by atoms with E-state index < -0.39 is 0 Å². The van der Waals surface area contributed by atoms with E-state index >= 15 is 0 Å². The Morgan fingerprint density at radius 2 is 1.84 bits per heavy atom. The Balaban J connectivity index is 1.57. The number of ether oxygens (including phenoxy) is 1. The molecule has 0 N–H and O–H groups in total. The highest BCUT2D eigenvalue weighted by Gasteiger charge is 2.30. The average Bonchev–Trinajstić information content (AvgIpc) is 3.23. The van der Waals surface area contributed by atoms with E-state index in [1.807, 2.05) is 47.0 Å². The third-order valence-corrected chi connectivity index (χ3v) is 5.95. The Morgan fingerprint density at radius 3 is 2.56 bits per heavy atom. The van der Waals surface area contributed by atoms with Crippen LogP contribution in [-0.4, -0.2) is 32.7 Å². The maximum absolute atomic E-state index is 12.9. The molecule has 0 aliphatic heterocycles. The highest BCUT2D eigenvalue weighted by molar-refractivity contribution is 5.97. The highest BCUT2D eigenvalue weighted by Crippen LogP contribution is 2.32. The lowest BCUT2D eigenvalue weighted by atomic mass is 9.88. The lowest BCUT2D eigenvalue weighted by Crippen LogP contribution is -2.24. The summed E-state index contributed by atoms with van der Waals surface area (Å²) in [4.78, 5) is 12.9. The summed E-state index contributed by atoms with van der Waals surface area (Å²) in [6, 6.07) is 18.0. The Labute approximate surface area is 186 Å². The lowest BCUT2D eigenvalue weighted by molar-refractivity contribution is 0.0950. The fraction of sp³-hybridized carbons (Fsp3) is 0.231. The van der Waals surface area contributed by atoms with Crippen molar-refractivity contribution in [3.63, 3.8) is 0 Å². The molecule has 2 heterocycles. The summed E-state index contributed by atoms with van der Waals surface area (Å²) in [5.41, 5.74) is 5.99. The average molecular weight is 425 g/mol. The molecule has 0 amide bonds. The van der Waals surface area contributed by atoms with Crippen molar-refractivity contribution in [2.75, 3.05) is 7.11 Å². The molecule has 1 atom stereocenters. The smallest absolute Gasteiger partial charge is 0.185 e. The number of carbonyl (C=O) groups excluding carboxylic acids is 1. The molecule has 0 saturated heterocycles. The van der Waals surface area contributed by atoms with Gasteiger partial charge in [0.25, 0.3) is 0 Å². The van der Waals surface area contributed by atoms with Crippen LogP contribution in [0.4, 0.5) is 0 Å². The van der Waals surface area contributed by atoms with E-state index in [-0.39, 0.29) is 11.7 Å². The Morgan fingerprint density at radius 1 is 1.06 bits per heavy atom. The van der Waals surface area contributed by atoms with Gasteiger partial charge in [0, 0.05) is 6.42 Å². The summed E-state index contributed by atoms with van der Waals surface area (Å²) in [5.74, 6) is 0.912. The largest absolute Gasteiger partial charge is 0.497 e. The predicted octanol–water partition coefficient (Wildman–Crippen LogP) is 4.82. The van der Waals surface area contributed by atoms with E-state index in [4.69, 9.17) is 9.84 Å². The molecule has 6 nitrogen and oxygen atoms in total. The highest BCUT2D eigenvalue weighted by atomic mass is 16.5. The van der Waals surface area contributed by atoms with Gasteiger partial charge >= 0.3 is 0 Å². The molecule has 0 bridgehead atoms. The topological polar surface area (TPSA) is 69.4 Å². The molecule has 2 aromatic carbocycles. The first-order valence-electron chi connectivity index (χ1n) is 10.9. The molecule has 1 aliphatic rings. The molecule has 6 heteroatoms. The van der Waals surface area contributed by atoms with Crippen LogP contribution in [0.5, 0.6) is 5.75 Å². The van der Waals surface area contributed by atoms with E-state index in [0.717, 1.165) is 40.2 Å². The monoisotopic (exact) mass is 424 g/mol. The minimum Gasteiger partial charge on any atom is -0.497 e. The van der Waals surface area contributed by atoms with E-state index in [1.54, 1.807) is 7.11 Å². The zero-order chi connectivity index (χ0) is 22.1. The van der Waals surface area contributed by atoms with Gasteiger partial charge in [-0.3, -0.25) is 4.79 Å². The van der Waals surface area contributed by atoms with Gasteiger partial charge in [-0.15, -0.1) is 10.2 Å². The van der Waals surface area contributed by atoms with Crippen LogP contribution in [0, 0.1) is 5.92 Å². The third kappa shape index (κ3) is 3.58. The molecule has 1 aliphatic carbocycles. The van der Waals surface area contributed by atoms with Crippen LogP contribution in [-0.2, 0) is 12.8 Å². The van der Waals surface area contributed by atoms with Gasteiger partial charge in [0.1, 0.15) is 5.75 Å². The number of aryl methyl sites for hydroxylation is 1. The number of ketones is 1. The first-order valence-corrected chi connectivity index (χ1v) is 10.9. The Hall–Kier alpha value is -3.80. The van der Waals surface area contributed by atoms with Crippen LogP contribution in [0.1, 0.15) is 40.8 Å². The van der Waals surface area contributed by atoms with Gasteiger partial charge in [-0.25, -0.2) is 4.52 Å². The normalized spacial score (nSPS) is 15.9. The molecule has 160 valence electrons. The molecule has 2 aromatic heterocycles. The number of rotatable bonds is 5. The fourth-order valence-electron chi connectivity index (χ4n) is 4.29. The van der Waals surface area contributed by atoms with Crippen LogP contribution in [0.25, 0.3) is 22.9 Å². The second-order valence-electron chi connectivity index (χ2n) is 8.00. The molecule has 0 unspecified atom stereocenters. The number of nitrogens with zero attached hydrogens (tertiary/aromatic N) is 4. The second kappa shape index (κ2) is 8.38. The van der Waals surface area contributed by atoms with Gasteiger partial charge in [-0.1, -0.05) is 61.5 Å². The Bertz CT molecular complexity index is 1310.